The van der Waals surface area contributed by atoms with E-state index >= 15 is 0 Å². The highest BCUT2D eigenvalue weighted by atomic mass is 16.5. The molecule has 32 heavy (non-hydrogen) atoms. The maximum Gasteiger partial charge on any atom is 0.305 e. The van der Waals surface area contributed by atoms with Gasteiger partial charge in [-0.3, -0.25) is 29.5 Å². The molecule has 1 aromatic carbocycles. The smallest absolute Gasteiger partial charge is 0.305 e. The number of carboxylic acids is 1. The first-order valence-corrected chi connectivity index (χ1v) is 9.95. The van der Waals surface area contributed by atoms with Crippen molar-refractivity contribution < 1.29 is 29.0 Å². The van der Waals surface area contributed by atoms with Gasteiger partial charge in [0, 0.05) is 6.54 Å². The van der Waals surface area contributed by atoms with Crippen LogP contribution in [-0.4, -0.2) is 67.5 Å². The molecule has 0 aliphatic rings. The molecule has 0 saturated carbocycles. The minimum absolute atomic E-state index is 0.0163. The van der Waals surface area contributed by atoms with E-state index in [0.717, 1.165) is 0 Å². The predicted octanol–water partition coefficient (Wildman–Crippen LogP) is -1.52. The van der Waals surface area contributed by atoms with Crippen molar-refractivity contribution in [2.24, 2.45) is 16.5 Å². The van der Waals surface area contributed by atoms with E-state index in [1.165, 1.54) is 7.11 Å². The zero-order chi connectivity index (χ0) is 23.9. The van der Waals surface area contributed by atoms with Gasteiger partial charge in [0.25, 0.3) is 0 Å². The summed E-state index contributed by atoms with van der Waals surface area (Å²) < 4.78 is 5.04. The number of aliphatic carboxylic acids is 1. The number of rotatable bonds is 14. The number of hydrogen-bond donors (Lipinski definition) is 6. The molecule has 0 bridgehead atoms. The van der Waals surface area contributed by atoms with Gasteiger partial charge in [-0.05, 0) is 37.1 Å². The first-order valence-electron chi connectivity index (χ1n) is 9.95. The van der Waals surface area contributed by atoms with Crippen LogP contribution in [0.3, 0.4) is 0 Å². The summed E-state index contributed by atoms with van der Waals surface area (Å²) in [7, 11) is 1.52. The lowest BCUT2D eigenvalue weighted by Gasteiger charge is -2.16. The van der Waals surface area contributed by atoms with Crippen molar-refractivity contribution in [3.8, 4) is 5.75 Å². The van der Waals surface area contributed by atoms with E-state index in [2.05, 4.69) is 20.9 Å². The van der Waals surface area contributed by atoms with Crippen LogP contribution >= 0.6 is 0 Å². The van der Waals surface area contributed by atoms with Gasteiger partial charge in [-0.1, -0.05) is 12.1 Å². The summed E-state index contributed by atoms with van der Waals surface area (Å²) in [4.78, 5) is 51.4. The number of carbonyl (C=O) groups excluding carboxylic acids is 3. The van der Waals surface area contributed by atoms with Crippen LogP contribution in [0.1, 0.15) is 24.8 Å². The van der Waals surface area contributed by atoms with Crippen LogP contribution in [0.4, 0.5) is 0 Å². The number of hydrogen-bond acceptors (Lipinski definition) is 7. The number of imide groups is 1. The zero-order valence-corrected chi connectivity index (χ0v) is 17.9. The van der Waals surface area contributed by atoms with Gasteiger partial charge >= 0.3 is 5.97 Å². The summed E-state index contributed by atoms with van der Waals surface area (Å²) in [6, 6.07) is 5.30. The quantitative estimate of drug-likeness (QED) is 0.111. The highest BCUT2D eigenvalue weighted by Gasteiger charge is 2.25. The number of guanidine groups is 1. The number of nitrogens with zero attached hydrogens (tertiary/aromatic N) is 1. The summed E-state index contributed by atoms with van der Waals surface area (Å²) >= 11 is 0. The van der Waals surface area contributed by atoms with Gasteiger partial charge in [-0.15, -0.1) is 0 Å². The van der Waals surface area contributed by atoms with Crippen LogP contribution in [0.25, 0.3) is 0 Å². The Morgan fingerprint density at radius 3 is 2.38 bits per heavy atom. The lowest BCUT2D eigenvalue weighted by Crippen LogP contribution is -2.51. The second-order valence-electron chi connectivity index (χ2n) is 6.85. The van der Waals surface area contributed by atoms with Crippen LogP contribution in [0.2, 0.25) is 0 Å². The van der Waals surface area contributed by atoms with Gasteiger partial charge < -0.3 is 31.9 Å². The zero-order valence-electron chi connectivity index (χ0n) is 17.9. The number of aliphatic imine (C=N–C) groups is 1. The molecule has 0 fully saturated rings. The Labute approximate surface area is 185 Å². The van der Waals surface area contributed by atoms with Crippen molar-refractivity contribution in [3.63, 3.8) is 0 Å². The van der Waals surface area contributed by atoms with E-state index in [0.29, 0.717) is 37.2 Å². The lowest BCUT2D eigenvalue weighted by molar-refractivity contribution is -0.142. The fourth-order valence-corrected chi connectivity index (χ4v) is 2.60. The molecular formula is C20H30N6O6. The van der Waals surface area contributed by atoms with E-state index in [1.54, 1.807) is 24.3 Å². The van der Waals surface area contributed by atoms with Crippen molar-refractivity contribution in [2.75, 3.05) is 26.7 Å². The molecular weight excluding hydrogens is 420 g/mol. The second kappa shape index (κ2) is 14.4. The molecule has 176 valence electrons. The van der Waals surface area contributed by atoms with Gasteiger partial charge in [0.15, 0.2) is 5.96 Å². The molecule has 0 heterocycles. The molecule has 1 aromatic rings. The van der Waals surface area contributed by atoms with Gasteiger partial charge in [0.1, 0.15) is 11.8 Å². The summed E-state index contributed by atoms with van der Waals surface area (Å²) in [6.45, 7) is 0.858. The third kappa shape index (κ3) is 11.5. The third-order valence-electron chi connectivity index (χ3n) is 4.16. The average Bonchev–Trinajstić information content (AvgIpc) is 2.72. The molecule has 3 amide bonds. The standard InChI is InChI=1S/C20H30N6O6/c1-32-14-6-4-13(5-7-14)10-16(27)26-19(31)15(11-18(29)30)25-17(28)12-23-8-2-3-9-24-20(21)22/h4-7,15,23H,2-3,8-12H2,1H3,(H,25,28)(H,29,30)(H4,21,22,24)(H,26,27,31)/t15-/m0/s1. The Morgan fingerprint density at radius 2 is 1.78 bits per heavy atom. The molecule has 0 spiro atoms. The Kier molecular flexibility index (Phi) is 11.8. The maximum atomic E-state index is 12.3. The fraction of sp³-hybridized carbons (Fsp3) is 0.450. The van der Waals surface area contributed by atoms with Crippen molar-refractivity contribution in [1.29, 1.82) is 0 Å². The van der Waals surface area contributed by atoms with Crippen LogP contribution < -0.4 is 32.2 Å². The van der Waals surface area contributed by atoms with E-state index in [-0.39, 0.29) is 18.9 Å². The maximum absolute atomic E-state index is 12.3. The minimum Gasteiger partial charge on any atom is -0.497 e. The number of carboxylic acid groups (broad SMARTS) is 1. The molecule has 0 saturated heterocycles. The van der Waals surface area contributed by atoms with E-state index in [4.69, 9.17) is 21.3 Å². The number of amides is 3. The normalized spacial score (nSPS) is 11.2. The molecule has 0 aliphatic heterocycles. The molecule has 0 aliphatic carbocycles. The van der Waals surface area contributed by atoms with Crippen molar-refractivity contribution in [3.05, 3.63) is 29.8 Å². The molecule has 8 N–H and O–H groups in total. The van der Waals surface area contributed by atoms with Crippen LogP contribution in [-0.2, 0) is 25.6 Å². The fourth-order valence-electron chi connectivity index (χ4n) is 2.60. The monoisotopic (exact) mass is 450 g/mol. The topological polar surface area (TPSA) is 198 Å². The SMILES string of the molecule is COc1ccc(CC(=O)NC(=O)[C@H](CC(=O)O)NC(=O)CNCCCCN=C(N)N)cc1. The third-order valence-corrected chi connectivity index (χ3v) is 4.16. The van der Waals surface area contributed by atoms with Crippen LogP contribution in [0, 0.1) is 0 Å². The highest BCUT2D eigenvalue weighted by molar-refractivity contribution is 6.01. The van der Waals surface area contributed by atoms with E-state index in [9.17, 15) is 19.2 Å². The van der Waals surface area contributed by atoms with Crippen molar-refractivity contribution in [1.82, 2.24) is 16.0 Å². The number of benzene rings is 1. The van der Waals surface area contributed by atoms with Gasteiger partial charge in [-0.25, -0.2) is 0 Å². The predicted molar refractivity (Wildman–Crippen MR) is 117 cm³/mol. The van der Waals surface area contributed by atoms with Crippen molar-refractivity contribution in [2.45, 2.75) is 31.7 Å². The minimum atomic E-state index is -1.39. The summed E-state index contributed by atoms with van der Waals surface area (Å²) in [5.41, 5.74) is 11.1. The van der Waals surface area contributed by atoms with Gasteiger partial charge in [0.05, 0.1) is 26.5 Å². The molecule has 0 aromatic heterocycles. The van der Waals surface area contributed by atoms with Crippen molar-refractivity contribution >= 4 is 29.7 Å². The molecule has 12 nitrogen and oxygen atoms in total. The second-order valence-corrected chi connectivity index (χ2v) is 6.85. The number of methoxy groups -OCH3 is 1. The summed E-state index contributed by atoms with van der Waals surface area (Å²) in [5.74, 6) is -2.74. The van der Waals surface area contributed by atoms with Crippen LogP contribution in [0.5, 0.6) is 5.75 Å². The Bertz CT molecular complexity index is 807. The number of unbranched alkanes of at least 4 members (excludes halogenated alkanes) is 1. The number of nitrogens with two attached hydrogens (primary N) is 2. The first-order chi connectivity index (χ1) is 15.2. The summed E-state index contributed by atoms with van der Waals surface area (Å²) in [6.07, 6.45) is 0.673. The molecule has 1 atom stereocenters. The lowest BCUT2D eigenvalue weighted by atomic mass is 10.1. The number of carbonyl (C=O) groups is 4. The van der Waals surface area contributed by atoms with E-state index in [1.807, 2.05) is 0 Å². The molecule has 12 heteroatoms. The molecule has 0 unspecified atom stereocenters. The number of nitrogens with one attached hydrogen (secondary N) is 3. The molecule has 1 rings (SSSR count). The Morgan fingerprint density at radius 1 is 1.09 bits per heavy atom. The van der Waals surface area contributed by atoms with Crippen LogP contribution in [0.15, 0.2) is 29.3 Å². The average molecular weight is 450 g/mol. The first kappa shape index (κ1) is 26.4. The number of ether oxygens (including phenoxy) is 1. The molecule has 0 radical (unpaired) electrons. The van der Waals surface area contributed by atoms with E-state index < -0.39 is 36.2 Å². The Hall–Kier alpha value is -3.67. The van der Waals surface area contributed by atoms with Gasteiger partial charge in [0.2, 0.25) is 17.7 Å². The largest absolute Gasteiger partial charge is 0.497 e. The highest BCUT2D eigenvalue weighted by Crippen LogP contribution is 2.11. The Balaban J connectivity index is 2.47. The van der Waals surface area contributed by atoms with Gasteiger partial charge in [-0.2, -0.15) is 0 Å². The summed E-state index contributed by atoms with van der Waals surface area (Å²) in [5, 5.41) is 16.4.